The first kappa shape index (κ1) is 20.8. The number of hydrogen-bond donors (Lipinski definition) is 2. The van der Waals surface area contributed by atoms with Gasteiger partial charge in [-0.3, -0.25) is 9.59 Å². The highest BCUT2D eigenvalue weighted by molar-refractivity contribution is 7.17. The lowest BCUT2D eigenvalue weighted by molar-refractivity contribution is -0.146. The summed E-state index contributed by atoms with van der Waals surface area (Å²) in [4.78, 5) is 38.1. The van der Waals surface area contributed by atoms with Crippen molar-refractivity contribution in [2.75, 3.05) is 11.9 Å². The van der Waals surface area contributed by atoms with E-state index in [1.54, 1.807) is 13.0 Å². The van der Waals surface area contributed by atoms with Gasteiger partial charge < -0.3 is 15.2 Å². The van der Waals surface area contributed by atoms with Crippen molar-refractivity contribution in [3.8, 4) is 11.1 Å². The normalized spacial score (nSPS) is 18.3. The molecule has 6 nitrogen and oxygen atoms in total. The Bertz CT molecular complexity index is 948. The molecule has 0 fully saturated rings. The molecule has 1 aliphatic carbocycles. The van der Waals surface area contributed by atoms with E-state index in [1.807, 2.05) is 43.3 Å². The van der Waals surface area contributed by atoms with Crippen LogP contribution in [-0.2, 0) is 14.3 Å². The monoisotopic (exact) mass is 413 g/mol. The van der Waals surface area contributed by atoms with E-state index in [2.05, 4.69) is 5.32 Å². The molecule has 0 saturated heterocycles. The van der Waals surface area contributed by atoms with Crippen molar-refractivity contribution in [2.24, 2.45) is 11.8 Å². The molecule has 1 aromatic carbocycles. The van der Waals surface area contributed by atoms with Gasteiger partial charge in [0.15, 0.2) is 0 Å². The van der Waals surface area contributed by atoms with Gasteiger partial charge in [0, 0.05) is 10.4 Å². The number of hydrogen-bond acceptors (Lipinski definition) is 5. The third-order valence-corrected chi connectivity index (χ3v) is 5.97. The van der Waals surface area contributed by atoms with Gasteiger partial charge in [-0.2, -0.15) is 0 Å². The summed E-state index contributed by atoms with van der Waals surface area (Å²) in [6, 6.07) is 9.45. The molecule has 7 heteroatoms. The van der Waals surface area contributed by atoms with E-state index in [0.717, 1.165) is 16.0 Å². The summed E-state index contributed by atoms with van der Waals surface area (Å²) >= 11 is 1.29. The Labute approximate surface area is 173 Å². The average molecular weight is 413 g/mol. The van der Waals surface area contributed by atoms with Crippen LogP contribution in [0.3, 0.4) is 0 Å². The predicted octanol–water partition coefficient (Wildman–Crippen LogP) is 4.51. The highest BCUT2D eigenvalue weighted by Crippen LogP contribution is 2.41. The van der Waals surface area contributed by atoms with E-state index in [-0.39, 0.29) is 6.61 Å². The zero-order chi connectivity index (χ0) is 21.0. The molecular formula is C22H23NO5S. The van der Waals surface area contributed by atoms with E-state index in [9.17, 15) is 19.5 Å². The zero-order valence-electron chi connectivity index (χ0n) is 16.3. The number of nitrogens with one attached hydrogen (secondary N) is 1. The fourth-order valence-corrected chi connectivity index (χ4v) is 4.63. The molecule has 1 amide bonds. The maximum atomic E-state index is 12.9. The number of carbonyl (C=O) groups is 3. The topological polar surface area (TPSA) is 92.7 Å². The van der Waals surface area contributed by atoms with E-state index in [0.29, 0.717) is 23.4 Å². The third kappa shape index (κ3) is 4.40. The van der Waals surface area contributed by atoms with Crippen LogP contribution >= 0.6 is 11.3 Å². The van der Waals surface area contributed by atoms with E-state index in [4.69, 9.17) is 4.74 Å². The number of amides is 1. The van der Waals surface area contributed by atoms with Gasteiger partial charge in [-0.15, -0.1) is 11.3 Å². The van der Waals surface area contributed by atoms with Crippen LogP contribution in [0.2, 0.25) is 0 Å². The van der Waals surface area contributed by atoms with Gasteiger partial charge in [-0.25, -0.2) is 4.79 Å². The molecule has 0 radical (unpaired) electrons. The number of ether oxygens (including phenoxy) is 1. The zero-order valence-corrected chi connectivity index (χ0v) is 17.1. The molecule has 1 heterocycles. The Balaban J connectivity index is 1.99. The second kappa shape index (κ2) is 9.05. The number of benzene rings is 1. The van der Waals surface area contributed by atoms with Gasteiger partial charge in [0.05, 0.1) is 18.4 Å². The lowest BCUT2D eigenvalue weighted by Crippen LogP contribution is -2.34. The minimum atomic E-state index is -0.993. The van der Waals surface area contributed by atoms with Gasteiger partial charge in [-0.1, -0.05) is 42.5 Å². The first-order valence-electron chi connectivity index (χ1n) is 9.48. The number of allylic oxidation sites excluding steroid dienone is 2. The Hall–Kier alpha value is -2.93. The maximum Gasteiger partial charge on any atom is 0.341 e. The Morgan fingerprint density at radius 1 is 1.14 bits per heavy atom. The molecule has 0 spiro atoms. The summed E-state index contributed by atoms with van der Waals surface area (Å²) in [5.41, 5.74) is 1.89. The molecule has 29 heavy (non-hydrogen) atoms. The third-order valence-electron chi connectivity index (χ3n) is 4.95. The summed E-state index contributed by atoms with van der Waals surface area (Å²) in [5.74, 6) is -3.36. The molecule has 1 aromatic heterocycles. The first-order valence-corrected chi connectivity index (χ1v) is 10.3. The van der Waals surface area contributed by atoms with Gasteiger partial charge in [0.25, 0.3) is 0 Å². The van der Waals surface area contributed by atoms with Crippen LogP contribution in [-0.4, -0.2) is 29.6 Å². The van der Waals surface area contributed by atoms with Crippen molar-refractivity contribution < 1.29 is 24.2 Å². The number of aliphatic carboxylic acids is 1. The van der Waals surface area contributed by atoms with Crippen LogP contribution in [0.1, 0.15) is 35.0 Å². The number of carboxylic acids is 1. The quantitative estimate of drug-likeness (QED) is 0.537. The van der Waals surface area contributed by atoms with E-state index < -0.39 is 29.7 Å². The van der Waals surface area contributed by atoms with Crippen LogP contribution in [0.25, 0.3) is 11.1 Å². The summed E-state index contributed by atoms with van der Waals surface area (Å²) < 4.78 is 5.24. The van der Waals surface area contributed by atoms with Gasteiger partial charge in [0.2, 0.25) is 5.91 Å². The number of esters is 1. The second-order valence-electron chi connectivity index (χ2n) is 6.81. The van der Waals surface area contributed by atoms with Crippen LogP contribution in [0, 0.1) is 18.8 Å². The van der Waals surface area contributed by atoms with Crippen molar-refractivity contribution in [3.63, 3.8) is 0 Å². The summed E-state index contributed by atoms with van der Waals surface area (Å²) in [6.07, 6.45) is 4.28. The smallest absolute Gasteiger partial charge is 0.341 e. The van der Waals surface area contributed by atoms with Crippen LogP contribution in [0.15, 0.2) is 42.5 Å². The van der Waals surface area contributed by atoms with E-state index >= 15 is 0 Å². The Kier molecular flexibility index (Phi) is 6.49. The predicted molar refractivity (Wildman–Crippen MR) is 112 cm³/mol. The summed E-state index contributed by atoms with van der Waals surface area (Å²) in [6.45, 7) is 3.82. The van der Waals surface area contributed by atoms with Crippen molar-refractivity contribution in [1.82, 2.24) is 0 Å². The first-order chi connectivity index (χ1) is 13.9. The Morgan fingerprint density at radius 2 is 1.79 bits per heavy atom. The largest absolute Gasteiger partial charge is 0.481 e. The minimum absolute atomic E-state index is 0.212. The molecule has 2 aromatic rings. The molecule has 2 N–H and O–H groups in total. The summed E-state index contributed by atoms with van der Waals surface area (Å²) in [7, 11) is 0. The maximum absolute atomic E-state index is 12.9. The highest BCUT2D eigenvalue weighted by Gasteiger charge is 2.35. The van der Waals surface area contributed by atoms with E-state index in [1.165, 1.54) is 11.3 Å². The van der Waals surface area contributed by atoms with Crippen LogP contribution in [0.4, 0.5) is 5.00 Å². The number of carbonyl (C=O) groups excluding carboxylic acids is 2. The number of thiophene rings is 1. The second-order valence-corrected chi connectivity index (χ2v) is 8.03. The van der Waals surface area contributed by atoms with Gasteiger partial charge in [-0.05, 0) is 32.3 Å². The van der Waals surface area contributed by atoms with Gasteiger partial charge in [0.1, 0.15) is 10.6 Å². The standard InChI is InChI=1S/C22H23NO5S/c1-3-28-22(27)18-17(14-9-5-4-6-10-14)13(2)29-20(18)23-19(24)15-11-7-8-12-16(15)21(25)26/h4-10,15-16H,3,11-12H2,1-2H3,(H,23,24)(H,25,26). The van der Waals surface area contributed by atoms with Crippen molar-refractivity contribution in [1.29, 1.82) is 0 Å². The molecule has 2 atom stereocenters. The minimum Gasteiger partial charge on any atom is -0.481 e. The molecule has 0 saturated carbocycles. The number of aryl methyl sites for hydroxylation is 1. The highest BCUT2D eigenvalue weighted by atomic mass is 32.1. The lowest BCUT2D eigenvalue weighted by atomic mass is 9.82. The van der Waals surface area contributed by atoms with Crippen LogP contribution in [0.5, 0.6) is 0 Å². The molecule has 0 bridgehead atoms. The van der Waals surface area contributed by atoms with Crippen molar-refractivity contribution in [2.45, 2.75) is 26.7 Å². The SMILES string of the molecule is CCOC(=O)c1c(NC(=O)C2CC=CCC2C(=O)O)sc(C)c1-c1ccccc1. The van der Waals surface area contributed by atoms with Crippen molar-refractivity contribution in [3.05, 3.63) is 52.9 Å². The fourth-order valence-electron chi connectivity index (χ4n) is 3.56. The number of rotatable bonds is 6. The number of anilines is 1. The fraction of sp³-hybridized carbons (Fsp3) is 0.318. The van der Waals surface area contributed by atoms with Crippen molar-refractivity contribution >= 4 is 34.2 Å². The Morgan fingerprint density at radius 3 is 2.41 bits per heavy atom. The molecule has 0 aliphatic heterocycles. The lowest BCUT2D eigenvalue weighted by Gasteiger charge is -2.24. The molecule has 1 aliphatic rings. The number of carboxylic acid groups (broad SMARTS) is 1. The summed E-state index contributed by atoms with van der Waals surface area (Å²) in [5, 5.41) is 12.7. The van der Waals surface area contributed by atoms with Crippen LogP contribution < -0.4 is 5.32 Å². The molecule has 152 valence electrons. The average Bonchev–Trinajstić information content (AvgIpc) is 3.04. The molecular weight excluding hydrogens is 390 g/mol. The molecule has 2 unspecified atom stereocenters. The van der Waals surface area contributed by atoms with Gasteiger partial charge >= 0.3 is 11.9 Å². The molecule has 3 rings (SSSR count).